The van der Waals surface area contributed by atoms with Gasteiger partial charge in [0.2, 0.25) is 0 Å². The van der Waals surface area contributed by atoms with Crippen LogP contribution < -0.4 is 10.6 Å². The number of esters is 2. The molecule has 0 saturated carbocycles. The van der Waals surface area contributed by atoms with E-state index in [4.69, 9.17) is 25.8 Å². The number of hydrogen-bond donors (Lipinski definition) is 2. The first kappa shape index (κ1) is 23.3. The second kappa shape index (κ2) is 10.8. The van der Waals surface area contributed by atoms with Crippen LogP contribution >= 0.6 is 11.6 Å². The van der Waals surface area contributed by atoms with Gasteiger partial charge in [0.05, 0.1) is 36.1 Å². The van der Waals surface area contributed by atoms with Crippen LogP contribution in [0.2, 0.25) is 5.02 Å². The molecule has 1 atom stereocenters. The number of carbonyl (C=O) groups is 3. The summed E-state index contributed by atoms with van der Waals surface area (Å²) in [5.74, 6) is -1.23. The standard InChI is InChI=1S/C23H23ClN2O6/c1-3-31-22(28)19-18(13-32-21(27)16-6-4-14(5-7-16)12-30-2)25-23(29)26-20(19)15-8-10-17(24)11-9-15/h4-11,20H,3,12-13H2,1-2H3,(H2,25,26,29). The first-order valence-corrected chi connectivity index (χ1v) is 10.3. The molecular weight excluding hydrogens is 436 g/mol. The molecule has 2 aromatic rings. The largest absolute Gasteiger partial charge is 0.463 e. The minimum Gasteiger partial charge on any atom is -0.463 e. The highest BCUT2D eigenvalue weighted by Gasteiger charge is 2.34. The Labute approximate surface area is 190 Å². The van der Waals surface area contributed by atoms with E-state index < -0.39 is 24.0 Å². The zero-order chi connectivity index (χ0) is 23.1. The fourth-order valence-electron chi connectivity index (χ4n) is 3.21. The van der Waals surface area contributed by atoms with Crippen LogP contribution in [-0.4, -0.2) is 38.3 Å². The van der Waals surface area contributed by atoms with Crippen LogP contribution in [0.1, 0.15) is 34.5 Å². The maximum Gasteiger partial charge on any atom is 0.338 e. The van der Waals surface area contributed by atoms with Crippen molar-refractivity contribution in [1.29, 1.82) is 0 Å². The van der Waals surface area contributed by atoms with E-state index in [1.54, 1.807) is 62.6 Å². The summed E-state index contributed by atoms with van der Waals surface area (Å²) in [6.45, 7) is 1.93. The van der Waals surface area contributed by atoms with E-state index in [1.165, 1.54) is 0 Å². The molecule has 2 amide bonds. The normalized spacial score (nSPS) is 15.6. The number of nitrogens with one attached hydrogen (secondary N) is 2. The molecule has 9 heteroatoms. The third-order valence-electron chi connectivity index (χ3n) is 4.70. The highest BCUT2D eigenvalue weighted by Crippen LogP contribution is 2.29. The summed E-state index contributed by atoms with van der Waals surface area (Å²) in [6.07, 6.45) is 0. The number of ether oxygens (including phenoxy) is 3. The average Bonchev–Trinajstić information content (AvgIpc) is 2.78. The van der Waals surface area contributed by atoms with E-state index in [0.717, 1.165) is 5.56 Å². The number of hydrogen-bond acceptors (Lipinski definition) is 6. The maximum absolute atomic E-state index is 12.7. The molecule has 32 heavy (non-hydrogen) atoms. The fraction of sp³-hybridized carbons (Fsp3) is 0.261. The van der Waals surface area contributed by atoms with Gasteiger partial charge in [-0.2, -0.15) is 0 Å². The number of carbonyl (C=O) groups excluding carboxylic acids is 3. The van der Waals surface area contributed by atoms with E-state index in [2.05, 4.69) is 10.6 Å². The highest BCUT2D eigenvalue weighted by atomic mass is 35.5. The summed E-state index contributed by atoms with van der Waals surface area (Å²) in [6, 6.07) is 12.1. The Morgan fingerprint density at radius 2 is 1.66 bits per heavy atom. The Balaban J connectivity index is 1.86. The van der Waals surface area contributed by atoms with Gasteiger partial charge in [-0.25, -0.2) is 14.4 Å². The molecule has 1 aliphatic heterocycles. The van der Waals surface area contributed by atoms with Gasteiger partial charge in [0.25, 0.3) is 0 Å². The topological polar surface area (TPSA) is 103 Å². The Morgan fingerprint density at radius 1 is 0.969 bits per heavy atom. The number of halogens is 1. The van der Waals surface area contributed by atoms with Crippen molar-refractivity contribution >= 4 is 29.6 Å². The second-order valence-corrected chi connectivity index (χ2v) is 7.34. The molecule has 0 radical (unpaired) electrons. The lowest BCUT2D eigenvalue weighted by molar-refractivity contribution is -0.139. The van der Waals surface area contributed by atoms with Crippen LogP contribution in [-0.2, 0) is 25.6 Å². The molecule has 3 rings (SSSR count). The molecule has 0 saturated heterocycles. The number of urea groups is 1. The van der Waals surface area contributed by atoms with Crippen molar-refractivity contribution in [2.45, 2.75) is 19.6 Å². The Kier molecular flexibility index (Phi) is 7.86. The molecule has 0 fully saturated rings. The predicted octanol–water partition coefficient (Wildman–Crippen LogP) is 3.51. The molecular formula is C23H23ClN2O6. The summed E-state index contributed by atoms with van der Waals surface area (Å²) >= 11 is 5.96. The third-order valence-corrected chi connectivity index (χ3v) is 4.95. The molecule has 2 aromatic carbocycles. The van der Waals surface area contributed by atoms with E-state index in [9.17, 15) is 14.4 Å². The minimum atomic E-state index is -0.790. The third kappa shape index (κ3) is 5.66. The number of amides is 2. The van der Waals surface area contributed by atoms with Crippen LogP contribution in [0.4, 0.5) is 4.79 Å². The van der Waals surface area contributed by atoms with Crippen molar-refractivity contribution in [3.63, 3.8) is 0 Å². The molecule has 1 aliphatic rings. The molecule has 0 aliphatic carbocycles. The molecule has 1 heterocycles. The van der Waals surface area contributed by atoms with Crippen molar-refractivity contribution in [2.75, 3.05) is 20.3 Å². The van der Waals surface area contributed by atoms with Gasteiger partial charge in [-0.3, -0.25) is 0 Å². The van der Waals surface area contributed by atoms with Gasteiger partial charge >= 0.3 is 18.0 Å². The molecule has 0 spiro atoms. The first-order chi connectivity index (χ1) is 15.4. The van der Waals surface area contributed by atoms with E-state index in [1.807, 2.05) is 0 Å². The minimum absolute atomic E-state index is 0.143. The SMILES string of the molecule is CCOC(=O)C1=C(COC(=O)c2ccc(COC)cc2)NC(=O)NC1c1ccc(Cl)cc1. The molecule has 2 N–H and O–H groups in total. The summed E-state index contributed by atoms with van der Waals surface area (Å²) in [7, 11) is 1.58. The van der Waals surface area contributed by atoms with Crippen molar-refractivity contribution in [3.05, 3.63) is 81.5 Å². The number of rotatable bonds is 8. The van der Waals surface area contributed by atoms with Crippen LogP contribution in [0.5, 0.6) is 0 Å². The Bertz CT molecular complexity index is 1020. The van der Waals surface area contributed by atoms with Gasteiger partial charge in [-0.05, 0) is 42.3 Å². The zero-order valence-electron chi connectivity index (χ0n) is 17.6. The first-order valence-electron chi connectivity index (χ1n) is 9.91. The summed E-state index contributed by atoms with van der Waals surface area (Å²) in [5.41, 5.74) is 2.17. The smallest absolute Gasteiger partial charge is 0.338 e. The predicted molar refractivity (Wildman–Crippen MR) is 117 cm³/mol. The van der Waals surface area contributed by atoms with Crippen LogP contribution in [0.3, 0.4) is 0 Å². The van der Waals surface area contributed by atoms with Crippen LogP contribution in [0.25, 0.3) is 0 Å². The van der Waals surface area contributed by atoms with Gasteiger partial charge in [0, 0.05) is 12.1 Å². The van der Waals surface area contributed by atoms with E-state index in [-0.39, 0.29) is 24.5 Å². The van der Waals surface area contributed by atoms with E-state index >= 15 is 0 Å². The monoisotopic (exact) mass is 458 g/mol. The lowest BCUT2D eigenvalue weighted by Crippen LogP contribution is -2.47. The van der Waals surface area contributed by atoms with Crippen LogP contribution in [0, 0.1) is 0 Å². The fourth-order valence-corrected chi connectivity index (χ4v) is 3.34. The summed E-state index contributed by atoms with van der Waals surface area (Å²) in [4.78, 5) is 37.5. The number of benzene rings is 2. The van der Waals surface area contributed by atoms with Crippen molar-refractivity contribution in [2.24, 2.45) is 0 Å². The van der Waals surface area contributed by atoms with Gasteiger partial charge < -0.3 is 24.8 Å². The maximum atomic E-state index is 12.7. The van der Waals surface area contributed by atoms with Crippen LogP contribution in [0.15, 0.2) is 59.8 Å². The molecule has 1 unspecified atom stereocenters. The number of methoxy groups -OCH3 is 1. The van der Waals surface area contributed by atoms with Crippen molar-refractivity contribution in [1.82, 2.24) is 10.6 Å². The Hall–Kier alpha value is -3.36. The van der Waals surface area contributed by atoms with Gasteiger partial charge in [-0.1, -0.05) is 35.9 Å². The van der Waals surface area contributed by atoms with E-state index in [0.29, 0.717) is 22.8 Å². The molecule has 0 aromatic heterocycles. The molecule has 8 nitrogen and oxygen atoms in total. The quantitative estimate of drug-likeness (QED) is 0.587. The molecule has 168 valence electrons. The second-order valence-electron chi connectivity index (χ2n) is 6.90. The zero-order valence-corrected chi connectivity index (χ0v) is 18.4. The summed E-state index contributed by atoms with van der Waals surface area (Å²) < 4.78 is 15.6. The van der Waals surface area contributed by atoms with Gasteiger partial charge in [0.15, 0.2) is 0 Å². The van der Waals surface area contributed by atoms with Crippen molar-refractivity contribution in [3.8, 4) is 0 Å². The molecule has 0 bridgehead atoms. The lowest BCUT2D eigenvalue weighted by Gasteiger charge is -2.29. The Morgan fingerprint density at radius 3 is 2.28 bits per heavy atom. The average molecular weight is 459 g/mol. The lowest BCUT2D eigenvalue weighted by atomic mass is 9.95. The van der Waals surface area contributed by atoms with Crippen molar-refractivity contribution < 1.29 is 28.6 Å². The van der Waals surface area contributed by atoms with Gasteiger partial charge in [-0.15, -0.1) is 0 Å². The highest BCUT2D eigenvalue weighted by molar-refractivity contribution is 6.30. The van der Waals surface area contributed by atoms with Gasteiger partial charge in [0.1, 0.15) is 6.61 Å². The summed E-state index contributed by atoms with van der Waals surface area (Å²) in [5, 5.41) is 5.78.